The third kappa shape index (κ3) is 2.55. The van der Waals surface area contributed by atoms with Crippen LogP contribution in [0.4, 0.5) is 5.69 Å². The average molecular weight is 322 g/mol. The highest BCUT2D eigenvalue weighted by atomic mass is 16.5. The topological polar surface area (TPSA) is 43.2 Å². The normalized spacial score (nSPS) is 15.2. The van der Waals surface area contributed by atoms with Crippen molar-refractivity contribution in [2.75, 3.05) is 31.2 Å². The summed E-state index contributed by atoms with van der Waals surface area (Å²) < 4.78 is 7.47. The SMILES string of the molecule is Cc1cc(-c2cncn2C)nc2c(C)cc(N3CCOCC3)cc12. The first kappa shape index (κ1) is 15.1. The van der Waals surface area contributed by atoms with Crippen molar-refractivity contribution >= 4 is 16.6 Å². The van der Waals surface area contributed by atoms with Crippen LogP contribution in [0, 0.1) is 13.8 Å². The monoisotopic (exact) mass is 322 g/mol. The summed E-state index contributed by atoms with van der Waals surface area (Å²) in [7, 11) is 2.00. The maximum absolute atomic E-state index is 5.47. The third-order valence-electron chi connectivity index (χ3n) is 4.75. The third-order valence-corrected chi connectivity index (χ3v) is 4.75. The number of pyridine rings is 1. The second-order valence-corrected chi connectivity index (χ2v) is 6.47. The Morgan fingerprint density at radius 2 is 1.83 bits per heavy atom. The summed E-state index contributed by atoms with van der Waals surface area (Å²) in [6.45, 7) is 7.80. The molecule has 24 heavy (non-hydrogen) atoms. The van der Waals surface area contributed by atoms with Gasteiger partial charge in [0, 0.05) is 31.2 Å². The van der Waals surface area contributed by atoms with E-state index >= 15 is 0 Å². The van der Waals surface area contributed by atoms with E-state index in [9.17, 15) is 0 Å². The Hall–Kier alpha value is -2.40. The second kappa shape index (κ2) is 5.91. The molecule has 0 amide bonds. The van der Waals surface area contributed by atoms with Crippen molar-refractivity contribution in [2.24, 2.45) is 7.05 Å². The number of morpholine rings is 1. The Morgan fingerprint density at radius 1 is 1.04 bits per heavy atom. The molecular formula is C19H22N4O. The smallest absolute Gasteiger partial charge is 0.0948 e. The van der Waals surface area contributed by atoms with Gasteiger partial charge in [0.25, 0.3) is 0 Å². The summed E-state index contributed by atoms with van der Waals surface area (Å²) >= 11 is 0. The van der Waals surface area contributed by atoms with Crippen molar-refractivity contribution in [2.45, 2.75) is 13.8 Å². The van der Waals surface area contributed by atoms with E-state index in [1.54, 1.807) is 0 Å². The molecule has 0 radical (unpaired) electrons. The van der Waals surface area contributed by atoms with Crippen molar-refractivity contribution in [3.63, 3.8) is 0 Å². The van der Waals surface area contributed by atoms with Crippen molar-refractivity contribution in [3.8, 4) is 11.4 Å². The summed E-state index contributed by atoms with van der Waals surface area (Å²) in [6.07, 6.45) is 3.68. The number of ether oxygens (including phenoxy) is 1. The van der Waals surface area contributed by atoms with E-state index in [0.717, 1.165) is 43.2 Å². The molecule has 4 rings (SSSR count). The molecule has 3 heterocycles. The molecule has 0 N–H and O–H groups in total. The minimum absolute atomic E-state index is 0.799. The fourth-order valence-corrected chi connectivity index (χ4v) is 3.38. The van der Waals surface area contributed by atoms with Gasteiger partial charge in [-0.2, -0.15) is 0 Å². The maximum Gasteiger partial charge on any atom is 0.0948 e. The Kier molecular flexibility index (Phi) is 3.73. The molecule has 0 spiro atoms. The molecule has 1 aliphatic rings. The van der Waals surface area contributed by atoms with Crippen molar-refractivity contribution in [3.05, 3.63) is 41.9 Å². The summed E-state index contributed by atoms with van der Waals surface area (Å²) in [4.78, 5) is 11.5. The number of hydrogen-bond acceptors (Lipinski definition) is 4. The molecule has 0 saturated carbocycles. The van der Waals surface area contributed by atoms with E-state index in [2.05, 4.69) is 41.9 Å². The van der Waals surface area contributed by atoms with Gasteiger partial charge >= 0.3 is 0 Å². The first-order valence-electron chi connectivity index (χ1n) is 8.35. The lowest BCUT2D eigenvalue weighted by molar-refractivity contribution is 0.122. The molecule has 0 atom stereocenters. The van der Waals surface area contributed by atoms with Crippen LogP contribution in [0.2, 0.25) is 0 Å². The standard InChI is InChI=1S/C19H22N4O/c1-13-9-17(18-11-20-12-22(18)3)21-19-14(2)8-15(10-16(13)19)23-4-6-24-7-5-23/h8-12H,4-7H2,1-3H3. The van der Waals surface area contributed by atoms with Gasteiger partial charge in [0.05, 0.1) is 42.6 Å². The van der Waals surface area contributed by atoms with Crippen molar-refractivity contribution < 1.29 is 4.74 Å². The highest BCUT2D eigenvalue weighted by molar-refractivity contribution is 5.90. The van der Waals surface area contributed by atoms with Crippen LogP contribution < -0.4 is 4.90 Å². The lowest BCUT2D eigenvalue weighted by Crippen LogP contribution is -2.36. The van der Waals surface area contributed by atoms with Gasteiger partial charge in [0.1, 0.15) is 0 Å². The first-order valence-corrected chi connectivity index (χ1v) is 8.35. The summed E-state index contributed by atoms with van der Waals surface area (Å²) in [6, 6.07) is 6.66. The van der Waals surface area contributed by atoms with E-state index in [0.29, 0.717) is 0 Å². The van der Waals surface area contributed by atoms with Crippen LogP contribution in [0.25, 0.3) is 22.3 Å². The predicted octanol–water partition coefficient (Wildman–Crippen LogP) is 3.09. The molecule has 2 aromatic heterocycles. The Balaban J connectivity index is 1.84. The van der Waals surface area contributed by atoms with Gasteiger partial charge in [-0.1, -0.05) is 0 Å². The highest BCUT2D eigenvalue weighted by Crippen LogP contribution is 2.30. The summed E-state index contributed by atoms with van der Waals surface area (Å²) in [5, 5.41) is 1.22. The minimum atomic E-state index is 0.799. The molecule has 0 aliphatic carbocycles. The predicted molar refractivity (Wildman–Crippen MR) is 96.5 cm³/mol. The zero-order chi connectivity index (χ0) is 16.7. The number of hydrogen-bond donors (Lipinski definition) is 0. The van der Waals surface area contributed by atoms with Gasteiger partial charge in [0.15, 0.2) is 0 Å². The van der Waals surface area contributed by atoms with Crippen LogP contribution in [-0.2, 0) is 11.8 Å². The van der Waals surface area contributed by atoms with E-state index in [4.69, 9.17) is 9.72 Å². The molecule has 0 unspecified atom stereocenters. The molecule has 5 heteroatoms. The Labute approximate surface area is 141 Å². The lowest BCUT2D eigenvalue weighted by atomic mass is 10.0. The molecule has 1 aromatic carbocycles. The largest absolute Gasteiger partial charge is 0.378 e. The number of anilines is 1. The van der Waals surface area contributed by atoms with E-state index in [1.807, 2.05) is 24.1 Å². The van der Waals surface area contributed by atoms with Gasteiger partial charge in [-0.3, -0.25) is 0 Å². The van der Waals surface area contributed by atoms with Crippen molar-refractivity contribution in [1.82, 2.24) is 14.5 Å². The minimum Gasteiger partial charge on any atom is -0.378 e. The number of nitrogens with zero attached hydrogens (tertiary/aromatic N) is 4. The van der Waals surface area contributed by atoms with Crippen molar-refractivity contribution in [1.29, 1.82) is 0 Å². The number of aryl methyl sites for hydroxylation is 3. The number of benzene rings is 1. The summed E-state index contributed by atoms with van der Waals surface area (Å²) in [5.41, 5.74) is 6.80. The van der Waals surface area contributed by atoms with E-state index in [1.165, 1.54) is 22.2 Å². The highest BCUT2D eigenvalue weighted by Gasteiger charge is 2.15. The maximum atomic E-state index is 5.47. The molecule has 1 fully saturated rings. The quantitative estimate of drug-likeness (QED) is 0.727. The summed E-state index contributed by atoms with van der Waals surface area (Å²) in [5.74, 6) is 0. The van der Waals surface area contributed by atoms with E-state index in [-0.39, 0.29) is 0 Å². The van der Waals surface area contributed by atoms with Crippen LogP contribution in [-0.4, -0.2) is 40.8 Å². The zero-order valence-corrected chi connectivity index (χ0v) is 14.4. The van der Waals surface area contributed by atoms with Crippen LogP contribution >= 0.6 is 0 Å². The number of fused-ring (bicyclic) bond motifs is 1. The fraction of sp³-hybridized carbons (Fsp3) is 0.368. The first-order chi connectivity index (χ1) is 11.6. The van der Waals surface area contributed by atoms with Gasteiger partial charge in [-0.05, 0) is 43.2 Å². The molecule has 5 nitrogen and oxygen atoms in total. The Bertz CT molecular complexity index is 894. The van der Waals surface area contributed by atoms with Crippen LogP contribution in [0.1, 0.15) is 11.1 Å². The molecule has 0 bridgehead atoms. The lowest BCUT2D eigenvalue weighted by Gasteiger charge is -2.29. The zero-order valence-electron chi connectivity index (χ0n) is 14.4. The van der Waals surface area contributed by atoms with Crippen LogP contribution in [0.3, 0.4) is 0 Å². The van der Waals surface area contributed by atoms with Crippen LogP contribution in [0.15, 0.2) is 30.7 Å². The van der Waals surface area contributed by atoms with E-state index < -0.39 is 0 Å². The van der Waals surface area contributed by atoms with Gasteiger partial charge < -0.3 is 14.2 Å². The number of aromatic nitrogens is 3. The second-order valence-electron chi connectivity index (χ2n) is 6.47. The number of rotatable bonds is 2. The molecular weight excluding hydrogens is 300 g/mol. The van der Waals surface area contributed by atoms with Crippen LogP contribution in [0.5, 0.6) is 0 Å². The van der Waals surface area contributed by atoms with Gasteiger partial charge in [-0.15, -0.1) is 0 Å². The fourth-order valence-electron chi connectivity index (χ4n) is 3.38. The Morgan fingerprint density at radius 3 is 2.54 bits per heavy atom. The van der Waals surface area contributed by atoms with Gasteiger partial charge in [-0.25, -0.2) is 9.97 Å². The van der Waals surface area contributed by atoms with Gasteiger partial charge in [0.2, 0.25) is 0 Å². The molecule has 124 valence electrons. The number of imidazole rings is 1. The average Bonchev–Trinajstić information content (AvgIpc) is 3.02. The molecule has 3 aromatic rings. The molecule has 1 aliphatic heterocycles. The molecule has 1 saturated heterocycles.